The van der Waals surface area contributed by atoms with Crippen LogP contribution in [0.5, 0.6) is 0 Å². The second-order valence-corrected chi connectivity index (χ2v) is 5.71. The highest BCUT2D eigenvalue weighted by atomic mass is 79.9. The summed E-state index contributed by atoms with van der Waals surface area (Å²) in [4.78, 5) is 11.4. The molecular formula is C15H11BrClFO2. The Morgan fingerprint density at radius 2 is 1.90 bits per heavy atom. The standard InChI is InChI=1S/C15H11BrClFO2/c16-11-3-1-9(2-4-11)13(15(19)20)8-10-7-12(18)5-6-14(10)17/h1-7,13H,8H2,(H,19,20). The fourth-order valence-electron chi connectivity index (χ4n) is 1.96. The highest BCUT2D eigenvalue weighted by Crippen LogP contribution is 2.27. The number of aliphatic carboxylic acids is 1. The lowest BCUT2D eigenvalue weighted by atomic mass is 9.92. The molecule has 5 heteroatoms. The molecule has 1 N–H and O–H groups in total. The lowest BCUT2D eigenvalue weighted by molar-refractivity contribution is -0.138. The summed E-state index contributed by atoms with van der Waals surface area (Å²) in [5, 5.41) is 9.74. The number of hydrogen-bond acceptors (Lipinski definition) is 1. The zero-order valence-corrected chi connectivity index (χ0v) is 12.7. The molecule has 1 atom stereocenters. The first kappa shape index (κ1) is 15.0. The molecule has 0 heterocycles. The number of rotatable bonds is 4. The van der Waals surface area contributed by atoms with E-state index < -0.39 is 17.7 Å². The second-order valence-electron chi connectivity index (χ2n) is 4.38. The minimum atomic E-state index is -0.965. The van der Waals surface area contributed by atoms with Gasteiger partial charge in [0.25, 0.3) is 0 Å². The lowest BCUT2D eigenvalue weighted by Gasteiger charge is -2.14. The van der Waals surface area contributed by atoms with E-state index in [0.717, 1.165) is 4.47 Å². The molecule has 0 radical (unpaired) electrons. The van der Waals surface area contributed by atoms with Gasteiger partial charge in [0.1, 0.15) is 5.82 Å². The third-order valence-electron chi connectivity index (χ3n) is 3.00. The van der Waals surface area contributed by atoms with E-state index in [0.29, 0.717) is 16.1 Å². The van der Waals surface area contributed by atoms with Crippen LogP contribution in [0.3, 0.4) is 0 Å². The molecule has 0 aliphatic rings. The Morgan fingerprint density at radius 1 is 1.25 bits per heavy atom. The van der Waals surface area contributed by atoms with E-state index in [1.165, 1.54) is 18.2 Å². The smallest absolute Gasteiger partial charge is 0.311 e. The van der Waals surface area contributed by atoms with E-state index in [4.69, 9.17) is 11.6 Å². The minimum absolute atomic E-state index is 0.146. The summed E-state index contributed by atoms with van der Waals surface area (Å²) in [5.74, 6) is -2.15. The topological polar surface area (TPSA) is 37.3 Å². The quantitative estimate of drug-likeness (QED) is 0.864. The van der Waals surface area contributed by atoms with Gasteiger partial charge in [0.15, 0.2) is 0 Å². The molecule has 1 unspecified atom stereocenters. The van der Waals surface area contributed by atoms with Crippen molar-refractivity contribution in [2.45, 2.75) is 12.3 Å². The molecule has 0 aliphatic carbocycles. The molecule has 2 aromatic rings. The van der Waals surface area contributed by atoms with Crippen LogP contribution in [-0.2, 0) is 11.2 Å². The monoisotopic (exact) mass is 356 g/mol. The van der Waals surface area contributed by atoms with Crippen LogP contribution in [-0.4, -0.2) is 11.1 Å². The van der Waals surface area contributed by atoms with Crippen LogP contribution in [0.1, 0.15) is 17.0 Å². The number of carboxylic acids is 1. The molecule has 0 saturated carbocycles. The molecule has 2 nitrogen and oxygen atoms in total. The maximum atomic E-state index is 13.2. The Morgan fingerprint density at radius 3 is 2.50 bits per heavy atom. The van der Waals surface area contributed by atoms with Crippen molar-refractivity contribution in [2.24, 2.45) is 0 Å². The molecule has 2 rings (SSSR count). The van der Waals surface area contributed by atoms with Crippen molar-refractivity contribution in [1.29, 1.82) is 0 Å². The van der Waals surface area contributed by atoms with Gasteiger partial charge >= 0.3 is 5.97 Å². The fourth-order valence-corrected chi connectivity index (χ4v) is 2.42. The predicted molar refractivity (Wildman–Crippen MR) is 79.6 cm³/mol. The van der Waals surface area contributed by atoms with Gasteiger partial charge in [0.05, 0.1) is 5.92 Å². The average molecular weight is 358 g/mol. The summed E-state index contributed by atoms with van der Waals surface area (Å²) in [6.07, 6.45) is 0.146. The first-order valence-corrected chi connectivity index (χ1v) is 7.06. The number of hydrogen-bond donors (Lipinski definition) is 1. The van der Waals surface area contributed by atoms with Gasteiger partial charge < -0.3 is 5.11 Å². The molecule has 20 heavy (non-hydrogen) atoms. The van der Waals surface area contributed by atoms with E-state index in [1.54, 1.807) is 24.3 Å². The Bertz CT molecular complexity index is 628. The van der Waals surface area contributed by atoms with E-state index in [1.807, 2.05) is 0 Å². The molecule has 2 aromatic carbocycles. The lowest BCUT2D eigenvalue weighted by Crippen LogP contribution is -2.14. The maximum absolute atomic E-state index is 13.2. The molecule has 0 aliphatic heterocycles. The van der Waals surface area contributed by atoms with Crippen LogP contribution in [0.2, 0.25) is 5.02 Å². The average Bonchev–Trinajstić information content (AvgIpc) is 2.40. The van der Waals surface area contributed by atoms with Gasteiger partial charge in [-0.2, -0.15) is 0 Å². The summed E-state index contributed by atoms with van der Waals surface area (Å²) < 4.78 is 14.1. The van der Waals surface area contributed by atoms with Crippen molar-refractivity contribution in [1.82, 2.24) is 0 Å². The van der Waals surface area contributed by atoms with Gasteiger partial charge in [-0.1, -0.05) is 39.7 Å². The van der Waals surface area contributed by atoms with Gasteiger partial charge in [0, 0.05) is 9.50 Å². The highest BCUT2D eigenvalue weighted by molar-refractivity contribution is 9.10. The van der Waals surface area contributed by atoms with E-state index in [2.05, 4.69) is 15.9 Å². The van der Waals surface area contributed by atoms with Crippen molar-refractivity contribution in [3.05, 3.63) is 68.9 Å². The van der Waals surface area contributed by atoms with Gasteiger partial charge in [0.2, 0.25) is 0 Å². The Kier molecular flexibility index (Phi) is 4.78. The van der Waals surface area contributed by atoms with Crippen molar-refractivity contribution in [3.63, 3.8) is 0 Å². The number of carboxylic acid groups (broad SMARTS) is 1. The fraction of sp³-hybridized carbons (Fsp3) is 0.133. The number of benzene rings is 2. The highest BCUT2D eigenvalue weighted by Gasteiger charge is 2.21. The summed E-state index contributed by atoms with van der Waals surface area (Å²) in [7, 11) is 0. The van der Waals surface area contributed by atoms with Crippen LogP contribution in [0, 0.1) is 5.82 Å². The zero-order valence-electron chi connectivity index (χ0n) is 10.3. The molecule has 0 amide bonds. The van der Waals surface area contributed by atoms with Gasteiger partial charge in [-0.05, 0) is 47.9 Å². The first-order valence-electron chi connectivity index (χ1n) is 5.89. The van der Waals surface area contributed by atoms with E-state index >= 15 is 0 Å². The number of halogens is 3. The summed E-state index contributed by atoms with van der Waals surface area (Å²) in [6.45, 7) is 0. The molecule has 0 aromatic heterocycles. The molecule has 0 saturated heterocycles. The predicted octanol–water partition coefficient (Wildman–Crippen LogP) is 4.65. The van der Waals surface area contributed by atoms with Crippen LogP contribution < -0.4 is 0 Å². The summed E-state index contributed by atoms with van der Waals surface area (Å²) in [6, 6.07) is 11.0. The summed E-state index contributed by atoms with van der Waals surface area (Å²) in [5.41, 5.74) is 1.14. The van der Waals surface area contributed by atoms with Crippen LogP contribution in [0.25, 0.3) is 0 Å². The Labute approximate surface area is 129 Å². The van der Waals surface area contributed by atoms with E-state index in [-0.39, 0.29) is 6.42 Å². The Balaban J connectivity index is 2.32. The third-order valence-corrected chi connectivity index (χ3v) is 3.90. The second kappa shape index (κ2) is 6.37. The molecule has 0 spiro atoms. The molecule has 104 valence electrons. The van der Waals surface area contributed by atoms with Crippen LogP contribution in [0.4, 0.5) is 4.39 Å². The van der Waals surface area contributed by atoms with Crippen LogP contribution in [0.15, 0.2) is 46.9 Å². The molecule has 0 bridgehead atoms. The van der Waals surface area contributed by atoms with Gasteiger partial charge in [-0.25, -0.2) is 4.39 Å². The SMILES string of the molecule is O=C(O)C(Cc1cc(F)ccc1Cl)c1ccc(Br)cc1. The Hall–Kier alpha value is -1.39. The normalized spacial score (nSPS) is 12.2. The largest absolute Gasteiger partial charge is 0.481 e. The first-order chi connectivity index (χ1) is 9.47. The van der Waals surface area contributed by atoms with Gasteiger partial charge in [-0.15, -0.1) is 0 Å². The minimum Gasteiger partial charge on any atom is -0.481 e. The maximum Gasteiger partial charge on any atom is 0.311 e. The molecular weight excluding hydrogens is 347 g/mol. The third kappa shape index (κ3) is 3.58. The van der Waals surface area contributed by atoms with Crippen molar-refractivity contribution in [2.75, 3.05) is 0 Å². The van der Waals surface area contributed by atoms with E-state index in [9.17, 15) is 14.3 Å². The number of carbonyl (C=O) groups is 1. The molecule has 0 fully saturated rings. The van der Waals surface area contributed by atoms with Crippen molar-refractivity contribution < 1.29 is 14.3 Å². The van der Waals surface area contributed by atoms with Crippen molar-refractivity contribution >= 4 is 33.5 Å². The van der Waals surface area contributed by atoms with Gasteiger partial charge in [-0.3, -0.25) is 4.79 Å². The summed E-state index contributed by atoms with van der Waals surface area (Å²) >= 11 is 9.29. The van der Waals surface area contributed by atoms with Crippen LogP contribution >= 0.6 is 27.5 Å². The zero-order chi connectivity index (χ0) is 14.7. The van der Waals surface area contributed by atoms with Crippen molar-refractivity contribution in [3.8, 4) is 0 Å².